The zero-order valence-corrected chi connectivity index (χ0v) is 10.5. The molecule has 1 heterocycles. The largest absolute Gasteiger partial charge is 0.314 e. The Balaban J connectivity index is 2.06. The standard InChI is InChI=1S/C11H16N2O3S/c1-9-4-2-3-5-11(9)17(14,15)13-16-10-6-7-12-8-10/h2-5,10,12-13H,6-8H2,1H3. The van der Waals surface area contributed by atoms with E-state index >= 15 is 0 Å². The second-order valence-electron chi connectivity index (χ2n) is 4.08. The van der Waals surface area contributed by atoms with Crippen LogP contribution in [-0.2, 0) is 14.9 Å². The molecule has 1 aromatic rings. The maximum Gasteiger partial charge on any atom is 0.262 e. The minimum absolute atomic E-state index is 0.0891. The fraction of sp³-hybridized carbons (Fsp3) is 0.455. The van der Waals surface area contributed by atoms with Crippen LogP contribution in [0.4, 0.5) is 0 Å². The van der Waals surface area contributed by atoms with Crippen LogP contribution in [0.15, 0.2) is 29.2 Å². The highest BCUT2D eigenvalue weighted by Crippen LogP contribution is 2.14. The van der Waals surface area contributed by atoms with Crippen LogP contribution in [0.1, 0.15) is 12.0 Å². The molecule has 1 atom stereocenters. The first kappa shape index (κ1) is 12.5. The van der Waals surface area contributed by atoms with Gasteiger partial charge < -0.3 is 5.32 Å². The summed E-state index contributed by atoms with van der Waals surface area (Å²) in [5, 5.41) is 3.10. The van der Waals surface area contributed by atoms with Gasteiger partial charge in [0.05, 0.1) is 11.0 Å². The van der Waals surface area contributed by atoms with Crippen molar-refractivity contribution < 1.29 is 13.3 Å². The van der Waals surface area contributed by atoms with Crippen molar-refractivity contribution in [1.29, 1.82) is 0 Å². The summed E-state index contributed by atoms with van der Waals surface area (Å²) in [5.41, 5.74) is 0.702. The van der Waals surface area contributed by atoms with Gasteiger partial charge in [-0.1, -0.05) is 23.1 Å². The number of sulfonamides is 1. The lowest BCUT2D eigenvalue weighted by atomic mass is 10.2. The zero-order chi connectivity index (χ0) is 12.3. The number of benzene rings is 1. The summed E-state index contributed by atoms with van der Waals surface area (Å²) < 4.78 is 23.9. The number of hydrogen-bond acceptors (Lipinski definition) is 4. The molecular weight excluding hydrogens is 240 g/mol. The van der Waals surface area contributed by atoms with Crippen molar-refractivity contribution in [2.45, 2.75) is 24.3 Å². The molecule has 94 valence electrons. The molecule has 1 aromatic carbocycles. The van der Waals surface area contributed by atoms with E-state index in [0.717, 1.165) is 13.0 Å². The highest BCUT2D eigenvalue weighted by molar-refractivity contribution is 7.89. The molecular formula is C11H16N2O3S. The molecule has 1 fully saturated rings. The molecule has 0 radical (unpaired) electrons. The molecule has 0 saturated carbocycles. The third kappa shape index (κ3) is 3.04. The van der Waals surface area contributed by atoms with Gasteiger partial charge in [0, 0.05) is 6.54 Å². The molecule has 0 aromatic heterocycles. The van der Waals surface area contributed by atoms with Gasteiger partial charge in [-0.3, -0.25) is 4.84 Å². The van der Waals surface area contributed by atoms with Gasteiger partial charge in [0.1, 0.15) is 0 Å². The normalized spacial score (nSPS) is 20.6. The van der Waals surface area contributed by atoms with Gasteiger partial charge in [0.2, 0.25) is 0 Å². The molecule has 1 aliphatic rings. The lowest BCUT2D eigenvalue weighted by Crippen LogP contribution is -2.31. The third-order valence-electron chi connectivity index (χ3n) is 2.72. The molecule has 0 bridgehead atoms. The highest BCUT2D eigenvalue weighted by atomic mass is 32.2. The van der Waals surface area contributed by atoms with Crippen LogP contribution in [0.3, 0.4) is 0 Å². The van der Waals surface area contributed by atoms with Crippen LogP contribution in [0.25, 0.3) is 0 Å². The van der Waals surface area contributed by atoms with E-state index in [2.05, 4.69) is 10.2 Å². The van der Waals surface area contributed by atoms with Gasteiger partial charge in [-0.15, -0.1) is 0 Å². The lowest BCUT2D eigenvalue weighted by Gasteiger charge is -2.12. The summed E-state index contributed by atoms with van der Waals surface area (Å²) in [4.78, 5) is 7.62. The fourth-order valence-electron chi connectivity index (χ4n) is 1.76. The minimum atomic E-state index is -3.58. The van der Waals surface area contributed by atoms with Crippen molar-refractivity contribution in [2.75, 3.05) is 13.1 Å². The molecule has 1 saturated heterocycles. The molecule has 2 N–H and O–H groups in total. The number of hydrogen-bond donors (Lipinski definition) is 2. The predicted octanol–water partition coefficient (Wildman–Crippen LogP) is 0.567. The summed E-state index contributed by atoms with van der Waals surface area (Å²) in [7, 11) is -3.58. The van der Waals surface area contributed by atoms with Crippen LogP contribution in [0.5, 0.6) is 0 Å². The summed E-state index contributed by atoms with van der Waals surface area (Å²) in [6, 6.07) is 6.81. The number of rotatable bonds is 4. The Morgan fingerprint density at radius 3 is 2.82 bits per heavy atom. The van der Waals surface area contributed by atoms with Gasteiger partial charge in [-0.25, -0.2) is 8.42 Å². The average molecular weight is 256 g/mol. The first-order valence-corrected chi connectivity index (χ1v) is 7.02. The highest BCUT2D eigenvalue weighted by Gasteiger charge is 2.21. The Kier molecular flexibility index (Phi) is 3.78. The van der Waals surface area contributed by atoms with E-state index in [0.29, 0.717) is 12.1 Å². The molecule has 0 aliphatic carbocycles. The Labute approximate surface area is 101 Å². The second-order valence-corrected chi connectivity index (χ2v) is 5.70. The van der Waals surface area contributed by atoms with Gasteiger partial charge in [0.15, 0.2) is 0 Å². The van der Waals surface area contributed by atoms with Crippen LogP contribution in [0, 0.1) is 6.92 Å². The van der Waals surface area contributed by atoms with E-state index in [1.807, 2.05) is 0 Å². The molecule has 5 nitrogen and oxygen atoms in total. The van der Waals surface area contributed by atoms with Crippen molar-refractivity contribution in [3.8, 4) is 0 Å². The number of aryl methyl sites for hydroxylation is 1. The van der Waals surface area contributed by atoms with E-state index in [1.54, 1.807) is 31.2 Å². The lowest BCUT2D eigenvalue weighted by molar-refractivity contribution is 0.0303. The Hall–Kier alpha value is -0.950. The maximum absolute atomic E-state index is 12.0. The van der Waals surface area contributed by atoms with Crippen molar-refractivity contribution in [3.05, 3.63) is 29.8 Å². The zero-order valence-electron chi connectivity index (χ0n) is 9.64. The Morgan fingerprint density at radius 2 is 2.18 bits per heavy atom. The van der Waals surface area contributed by atoms with E-state index in [1.165, 1.54) is 0 Å². The fourth-order valence-corrected chi connectivity index (χ4v) is 2.87. The summed E-state index contributed by atoms with van der Waals surface area (Å²) in [5.74, 6) is 0. The summed E-state index contributed by atoms with van der Waals surface area (Å²) in [6.45, 7) is 3.29. The van der Waals surface area contributed by atoms with Gasteiger partial charge in [-0.05, 0) is 31.5 Å². The third-order valence-corrected chi connectivity index (χ3v) is 4.08. The first-order chi connectivity index (χ1) is 8.09. The average Bonchev–Trinajstić information content (AvgIpc) is 2.80. The van der Waals surface area contributed by atoms with Crippen molar-refractivity contribution in [1.82, 2.24) is 10.2 Å². The monoisotopic (exact) mass is 256 g/mol. The Morgan fingerprint density at radius 1 is 1.41 bits per heavy atom. The quantitative estimate of drug-likeness (QED) is 0.773. The van der Waals surface area contributed by atoms with E-state index in [-0.39, 0.29) is 11.0 Å². The van der Waals surface area contributed by atoms with E-state index < -0.39 is 10.0 Å². The molecule has 1 unspecified atom stereocenters. The van der Waals surface area contributed by atoms with Gasteiger partial charge in [0.25, 0.3) is 10.0 Å². The smallest absolute Gasteiger partial charge is 0.262 e. The second kappa shape index (κ2) is 5.14. The first-order valence-electron chi connectivity index (χ1n) is 5.53. The predicted molar refractivity (Wildman–Crippen MR) is 63.9 cm³/mol. The molecule has 2 rings (SSSR count). The van der Waals surface area contributed by atoms with E-state index in [9.17, 15) is 8.42 Å². The maximum atomic E-state index is 12.0. The molecule has 6 heteroatoms. The number of nitrogens with one attached hydrogen (secondary N) is 2. The van der Waals surface area contributed by atoms with Crippen LogP contribution >= 0.6 is 0 Å². The van der Waals surface area contributed by atoms with Crippen LogP contribution in [-0.4, -0.2) is 27.6 Å². The van der Waals surface area contributed by atoms with Crippen molar-refractivity contribution in [3.63, 3.8) is 0 Å². The summed E-state index contributed by atoms with van der Waals surface area (Å²) in [6.07, 6.45) is 0.727. The molecule has 0 amide bonds. The van der Waals surface area contributed by atoms with Crippen molar-refractivity contribution in [2.24, 2.45) is 0 Å². The molecule has 1 aliphatic heterocycles. The SMILES string of the molecule is Cc1ccccc1S(=O)(=O)NOC1CCNC1. The van der Waals surface area contributed by atoms with Crippen molar-refractivity contribution >= 4 is 10.0 Å². The van der Waals surface area contributed by atoms with E-state index in [4.69, 9.17) is 4.84 Å². The Bertz CT molecular complexity index is 481. The van der Waals surface area contributed by atoms with Gasteiger partial charge in [-0.2, -0.15) is 0 Å². The van der Waals surface area contributed by atoms with Gasteiger partial charge >= 0.3 is 0 Å². The molecule has 17 heavy (non-hydrogen) atoms. The van der Waals surface area contributed by atoms with Crippen LogP contribution in [0.2, 0.25) is 0 Å². The topological polar surface area (TPSA) is 67.4 Å². The van der Waals surface area contributed by atoms with Crippen LogP contribution < -0.4 is 10.2 Å². The molecule has 0 spiro atoms. The summed E-state index contributed by atoms with van der Waals surface area (Å²) >= 11 is 0. The minimum Gasteiger partial charge on any atom is -0.314 e.